The van der Waals surface area contributed by atoms with Crippen LogP contribution in [0, 0.1) is 0 Å². The monoisotopic (exact) mass is 410 g/mol. The molecule has 1 aromatic rings. The standard InChI is InChI=1S/C17H26N4O.3ClH/c18-17(6-7-17)16(22)19-8-9-20-10-12-21(13-11-20)14-15-4-2-1-3-5-15;;;/h1-5H,6-14,18H2,(H,19,22);3*1H. The zero-order chi connectivity index (χ0) is 15.4. The summed E-state index contributed by atoms with van der Waals surface area (Å²) in [7, 11) is 0. The minimum absolute atomic E-state index is 0. The number of nitrogens with two attached hydrogens (primary N) is 1. The Bertz CT molecular complexity index is 506. The van der Waals surface area contributed by atoms with Crippen LogP contribution >= 0.6 is 37.2 Å². The highest BCUT2D eigenvalue weighted by atomic mass is 35.5. The van der Waals surface area contributed by atoms with Gasteiger partial charge in [-0.05, 0) is 18.4 Å². The summed E-state index contributed by atoms with van der Waals surface area (Å²) in [5.41, 5.74) is 6.70. The molecule has 1 aliphatic carbocycles. The van der Waals surface area contributed by atoms with Gasteiger partial charge in [-0.1, -0.05) is 30.3 Å². The largest absolute Gasteiger partial charge is 0.353 e. The van der Waals surface area contributed by atoms with Crippen molar-refractivity contribution < 1.29 is 4.79 Å². The van der Waals surface area contributed by atoms with Crippen LogP contribution in [0.4, 0.5) is 0 Å². The molecule has 5 nitrogen and oxygen atoms in total. The molecule has 2 aliphatic rings. The maximum Gasteiger partial charge on any atom is 0.240 e. The first-order valence-corrected chi connectivity index (χ1v) is 8.22. The van der Waals surface area contributed by atoms with Crippen LogP contribution in [0.2, 0.25) is 0 Å². The number of hydrogen-bond donors (Lipinski definition) is 2. The molecule has 0 radical (unpaired) electrons. The van der Waals surface area contributed by atoms with Crippen molar-refractivity contribution in [2.45, 2.75) is 24.9 Å². The fraction of sp³-hybridized carbons (Fsp3) is 0.588. The van der Waals surface area contributed by atoms with Gasteiger partial charge in [0.1, 0.15) is 0 Å². The molecule has 0 aromatic heterocycles. The molecule has 1 heterocycles. The van der Waals surface area contributed by atoms with E-state index < -0.39 is 5.54 Å². The van der Waals surface area contributed by atoms with Crippen LogP contribution in [0.5, 0.6) is 0 Å². The second-order valence-corrected chi connectivity index (χ2v) is 6.52. The van der Waals surface area contributed by atoms with Crippen molar-refractivity contribution in [2.75, 3.05) is 39.3 Å². The van der Waals surface area contributed by atoms with Crippen molar-refractivity contribution in [3.8, 4) is 0 Å². The highest BCUT2D eigenvalue weighted by Crippen LogP contribution is 2.31. The van der Waals surface area contributed by atoms with Gasteiger partial charge in [-0.3, -0.25) is 14.6 Å². The van der Waals surface area contributed by atoms with Crippen molar-refractivity contribution in [3.63, 3.8) is 0 Å². The van der Waals surface area contributed by atoms with Crippen molar-refractivity contribution in [3.05, 3.63) is 35.9 Å². The summed E-state index contributed by atoms with van der Waals surface area (Å²) in [4.78, 5) is 16.7. The lowest BCUT2D eigenvalue weighted by Gasteiger charge is -2.34. The number of carbonyl (C=O) groups is 1. The molecule has 144 valence electrons. The zero-order valence-corrected chi connectivity index (χ0v) is 16.8. The number of rotatable bonds is 6. The Hall–Kier alpha value is -0.560. The third-order valence-corrected chi connectivity index (χ3v) is 4.67. The van der Waals surface area contributed by atoms with E-state index in [0.717, 1.165) is 52.1 Å². The van der Waals surface area contributed by atoms with Gasteiger partial charge in [0.2, 0.25) is 5.91 Å². The van der Waals surface area contributed by atoms with Crippen LogP contribution in [0.15, 0.2) is 30.3 Å². The number of piperazine rings is 1. The van der Waals surface area contributed by atoms with E-state index in [1.807, 2.05) is 0 Å². The van der Waals surface area contributed by atoms with E-state index in [-0.39, 0.29) is 43.1 Å². The van der Waals surface area contributed by atoms with Crippen LogP contribution in [0.3, 0.4) is 0 Å². The van der Waals surface area contributed by atoms with E-state index in [9.17, 15) is 4.79 Å². The average Bonchev–Trinajstić information content (AvgIpc) is 3.29. The van der Waals surface area contributed by atoms with E-state index in [2.05, 4.69) is 45.4 Å². The molecule has 0 atom stereocenters. The Morgan fingerprint density at radius 1 is 1.00 bits per heavy atom. The number of carbonyl (C=O) groups excluding carboxylic acids is 1. The molecule has 0 unspecified atom stereocenters. The SMILES string of the molecule is Cl.Cl.Cl.NC1(C(=O)NCCN2CCN(Cc3ccccc3)CC2)CC1. The third kappa shape index (κ3) is 7.29. The molecule has 1 saturated heterocycles. The highest BCUT2D eigenvalue weighted by Gasteiger charge is 2.45. The third-order valence-electron chi connectivity index (χ3n) is 4.67. The summed E-state index contributed by atoms with van der Waals surface area (Å²) < 4.78 is 0. The smallest absolute Gasteiger partial charge is 0.240 e. The summed E-state index contributed by atoms with van der Waals surface area (Å²) in [6, 6.07) is 10.6. The van der Waals surface area contributed by atoms with E-state index in [0.29, 0.717) is 6.54 Å². The fourth-order valence-corrected chi connectivity index (χ4v) is 2.88. The number of benzene rings is 1. The molecule has 0 bridgehead atoms. The lowest BCUT2D eigenvalue weighted by Crippen LogP contribution is -2.49. The minimum Gasteiger partial charge on any atom is -0.353 e. The zero-order valence-electron chi connectivity index (χ0n) is 14.4. The van der Waals surface area contributed by atoms with Gasteiger partial charge >= 0.3 is 0 Å². The molecule has 3 rings (SSSR count). The first kappa shape index (κ1) is 24.4. The second-order valence-electron chi connectivity index (χ2n) is 6.52. The lowest BCUT2D eigenvalue weighted by molar-refractivity contribution is -0.123. The molecular weight excluding hydrogens is 383 g/mol. The van der Waals surface area contributed by atoms with Crippen LogP contribution in [0.25, 0.3) is 0 Å². The molecule has 25 heavy (non-hydrogen) atoms. The number of hydrogen-bond acceptors (Lipinski definition) is 4. The summed E-state index contributed by atoms with van der Waals surface area (Å²) in [5.74, 6) is 0.0233. The Labute approximate surface area is 168 Å². The second kappa shape index (κ2) is 11.2. The van der Waals surface area contributed by atoms with E-state index in [1.54, 1.807) is 0 Å². The van der Waals surface area contributed by atoms with E-state index >= 15 is 0 Å². The molecule has 3 N–H and O–H groups in total. The first-order valence-electron chi connectivity index (χ1n) is 8.22. The number of nitrogens with zero attached hydrogens (tertiary/aromatic N) is 2. The summed E-state index contributed by atoms with van der Waals surface area (Å²) in [6.07, 6.45) is 1.66. The molecule has 1 aromatic carbocycles. The Kier molecular flexibility index (Phi) is 11.0. The molecule has 2 fully saturated rings. The van der Waals surface area contributed by atoms with Gasteiger partial charge in [-0.15, -0.1) is 37.2 Å². The van der Waals surface area contributed by atoms with Crippen LogP contribution in [-0.4, -0.2) is 60.5 Å². The highest BCUT2D eigenvalue weighted by molar-refractivity contribution is 5.88. The Morgan fingerprint density at radius 3 is 2.12 bits per heavy atom. The molecular formula is C17H29Cl3N4O. The quantitative estimate of drug-likeness (QED) is 0.747. The number of nitrogens with one attached hydrogen (secondary N) is 1. The number of amides is 1. The topological polar surface area (TPSA) is 61.6 Å². The van der Waals surface area contributed by atoms with Crippen LogP contribution in [-0.2, 0) is 11.3 Å². The molecule has 1 saturated carbocycles. The summed E-state index contributed by atoms with van der Waals surface area (Å²) in [6.45, 7) is 6.96. The molecule has 8 heteroatoms. The van der Waals surface area contributed by atoms with E-state index in [1.165, 1.54) is 5.56 Å². The summed E-state index contributed by atoms with van der Waals surface area (Å²) >= 11 is 0. The Morgan fingerprint density at radius 2 is 1.56 bits per heavy atom. The van der Waals surface area contributed by atoms with Gasteiger partial charge in [-0.25, -0.2) is 0 Å². The van der Waals surface area contributed by atoms with Gasteiger partial charge in [0.15, 0.2) is 0 Å². The predicted molar refractivity (Wildman–Crippen MR) is 109 cm³/mol. The Balaban J connectivity index is 0.00000192. The van der Waals surface area contributed by atoms with Crippen molar-refractivity contribution in [1.82, 2.24) is 15.1 Å². The maximum absolute atomic E-state index is 11.8. The van der Waals surface area contributed by atoms with E-state index in [4.69, 9.17) is 5.73 Å². The van der Waals surface area contributed by atoms with Gasteiger partial charge < -0.3 is 11.1 Å². The number of halogens is 3. The first-order chi connectivity index (χ1) is 10.7. The maximum atomic E-state index is 11.8. The van der Waals surface area contributed by atoms with Gasteiger partial charge in [0.25, 0.3) is 0 Å². The van der Waals surface area contributed by atoms with Gasteiger partial charge in [0.05, 0.1) is 5.54 Å². The average molecular weight is 412 g/mol. The minimum atomic E-state index is -0.547. The normalized spacial score (nSPS) is 18.9. The van der Waals surface area contributed by atoms with Crippen molar-refractivity contribution in [1.29, 1.82) is 0 Å². The fourth-order valence-electron chi connectivity index (χ4n) is 2.88. The van der Waals surface area contributed by atoms with Gasteiger partial charge in [-0.2, -0.15) is 0 Å². The predicted octanol–water partition coefficient (Wildman–Crippen LogP) is 1.68. The van der Waals surface area contributed by atoms with Crippen molar-refractivity contribution >= 4 is 43.1 Å². The molecule has 0 spiro atoms. The van der Waals surface area contributed by atoms with Crippen LogP contribution < -0.4 is 11.1 Å². The summed E-state index contributed by atoms with van der Waals surface area (Å²) in [5, 5.41) is 2.96. The molecule has 1 amide bonds. The lowest BCUT2D eigenvalue weighted by atomic mass is 10.2. The van der Waals surface area contributed by atoms with Crippen LogP contribution in [0.1, 0.15) is 18.4 Å². The molecule has 1 aliphatic heterocycles. The van der Waals surface area contributed by atoms with Gasteiger partial charge in [0, 0.05) is 45.8 Å². The van der Waals surface area contributed by atoms with Crippen molar-refractivity contribution in [2.24, 2.45) is 5.73 Å².